The Morgan fingerprint density at radius 1 is 1.11 bits per heavy atom. The number of rotatable bonds is 3. The zero-order chi connectivity index (χ0) is 13.1. The third-order valence-corrected chi connectivity index (χ3v) is 3.88. The van der Waals surface area contributed by atoms with Crippen LogP contribution in [-0.2, 0) is 6.42 Å². The Hall–Kier alpha value is -0.830. The van der Waals surface area contributed by atoms with Crippen molar-refractivity contribution in [2.45, 2.75) is 6.42 Å². The molecular weight excluding hydrogens is 335 g/mol. The Morgan fingerprint density at radius 2 is 1.83 bits per heavy atom. The van der Waals surface area contributed by atoms with Gasteiger partial charge in [-0.3, -0.25) is 4.79 Å². The molecule has 2 rings (SSSR count). The van der Waals surface area contributed by atoms with Crippen LogP contribution in [0.1, 0.15) is 15.9 Å². The average Bonchev–Trinajstić information content (AvgIpc) is 2.35. The minimum atomic E-state index is -0.0469. The molecule has 0 saturated heterocycles. The lowest BCUT2D eigenvalue weighted by molar-refractivity contribution is 0.0993. The average molecular weight is 344 g/mol. The number of hydrogen-bond acceptors (Lipinski definition) is 1. The lowest BCUT2D eigenvalue weighted by Crippen LogP contribution is -2.04. The lowest BCUT2D eigenvalue weighted by atomic mass is 10.0. The SMILES string of the molecule is O=C(Cc1ccccc1Br)c1cc(Cl)ccc1Cl. The van der Waals surface area contributed by atoms with Crippen molar-refractivity contribution < 1.29 is 4.79 Å². The van der Waals surface area contributed by atoms with Crippen molar-refractivity contribution >= 4 is 44.9 Å². The highest BCUT2D eigenvalue weighted by molar-refractivity contribution is 9.10. The van der Waals surface area contributed by atoms with Crippen molar-refractivity contribution in [3.63, 3.8) is 0 Å². The van der Waals surface area contributed by atoms with Crippen LogP contribution in [0.2, 0.25) is 10.0 Å². The molecule has 0 unspecified atom stereocenters. The molecule has 2 aromatic rings. The van der Waals surface area contributed by atoms with Crippen LogP contribution in [0.4, 0.5) is 0 Å². The first-order chi connectivity index (χ1) is 8.58. The monoisotopic (exact) mass is 342 g/mol. The molecule has 0 bridgehead atoms. The normalized spacial score (nSPS) is 10.4. The van der Waals surface area contributed by atoms with Crippen LogP contribution < -0.4 is 0 Å². The molecule has 0 fully saturated rings. The van der Waals surface area contributed by atoms with E-state index in [-0.39, 0.29) is 5.78 Å². The summed E-state index contributed by atoms with van der Waals surface area (Å²) >= 11 is 15.3. The Labute approximate surface area is 124 Å². The van der Waals surface area contributed by atoms with Gasteiger partial charge in [0.05, 0.1) is 5.02 Å². The smallest absolute Gasteiger partial charge is 0.168 e. The number of halogens is 3. The van der Waals surface area contributed by atoms with Gasteiger partial charge in [0, 0.05) is 21.5 Å². The first-order valence-electron chi connectivity index (χ1n) is 5.29. The maximum absolute atomic E-state index is 12.2. The second kappa shape index (κ2) is 5.87. The zero-order valence-corrected chi connectivity index (χ0v) is 12.4. The van der Waals surface area contributed by atoms with Crippen molar-refractivity contribution in [2.24, 2.45) is 0 Å². The van der Waals surface area contributed by atoms with Gasteiger partial charge in [0.2, 0.25) is 0 Å². The van der Waals surface area contributed by atoms with E-state index in [0.29, 0.717) is 22.0 Å². The van der Waals surface area contributed by atoms with Crippen LogP contribution in [0, 0.1) is 0 Å². The fourth-order valence-electron chi connectivity index (χ4n) is 1.62. The standard InChI is InChI=1S/C14H9BrCl2O/c15-12-4-2-1-3-9(12)7-14(18)11-8-10(16)5-6-13(11)17/h1-6,8H,7H2. The van der Waals surface area contributed by atoms with Gasteiger partial charge in [-0.2, -0.15) is 0 Å². The largest absolute Gasteiger partial charge is 0.294 e. The molecule has 0 aliphatic heterocycles. The third-order valence-electron chi connectivity index (χ3n) is 2.54. The molecule has 92 valence electrons. The molecule has 0 heterocycles. The van der Waals surface area contributed by atoms with E-state index in [1.54, 1.807) is 18.2 Å². The molecule has 0 spiro atoms. The van der Waals surface area contributed by atoms with Gasteiger partial charge in [-0.15, -0.1) is 0 Å². The highest BCUT2D eigenvalue weighted by Gasteiger charge is 2.13. The second-order valence-electron chi connectivity index (χ2n) is 3.82. The number of benzene rings is 2. The molecule has 0 aliphatic carbocycles. The minimum absolute atomic E-state index is 0.0469. The summed E-state index contributed by atoms with van der Waals surface area (Å²) in [4.78, 5) is 12.2. The molecule has 2 aromatic carbocycles. The molecule has 0 aromatic heterocycles. The fraction of sp³-hybridized carbons (Fsp3) is 0.0714. The highest BCUT2D eigenvalue weighted by atomic mass is 79.9. The van der Waals surface area contributed by atoms with Crippen LogP contribution in [-0.4, -0.2) is 5.78 Å². The van der Waals surface area contributed by atoms with E-state index in [0.717, 1.165) is 10.0 Å². The first-order valence-corrected chi connectivity index (χ1v) is 6.84. The van der Waals surface area contributed by atoms with Crippen LogP contribution in [0.15, 0.2) is 46.9 Å². The van der Waals surface area contributed by atoms with Gasteiger partial charge in [-0.05, 0) is 29.8 Å². The van der Waals surface area contributed by atoms with Crippen LogP contribution in [0.5, 0.6) is 0 Å². The number of Topliss-reactive ketones (excluding diaryl/α,β-unsaturated/α-hetero) is 1. The second-order valence-corrected chi connectivity index (χ2v) is 5.51. The van der Waals surface area contributed by atoms with Gasteiger partial charge in [0.15, 0.2) is 5.78 Å². The fourth-order valence-corrected chi connectivity index (χ4v) is 2.44. The molecule has 0 N–H and O–H groups in total. The molecule has 0 amide bonds. The molecule has 0 aliphatic rings. The van der Waals surface area contributed by atoms with Crippen molar-refractivity contribution in [2.75, 3.05) is 0 Å². The predicted octanol–water partition coefficient (Wildman–Crippen LogP) is 5.18. The predicted molar refractivity (Wildman–Crippen MR) is 78.6 cm³/mol. The summed E-state index contributed by atoms with van der Waals surface area (Å²) in [6.07, 6.45) is 0.293. The van der Waals surface area contributed by atoms with Crippen LogP contribution >= 0.6 is 39.1 Å². The summed E-state index contributed by atoms with van der Waals surface area (Å²) in [6.45, 7) is 0. The first kappa shape index (κ1) is 13.6. The van der Waals surface area contributed by atoms with Gasteiger partial charge in [-0.1, -0.05) is 57.3 Å². The van der Waals surface area contributed by atoms with E-state index < -0.39 is 0 Å². The quantitative estimate of drug-likeness (QED) is 0.701. The van der Waals surface area contributed by atoms with Gasteiger partial charge in [0.25, 0.3) is 0 Å². The van der Waals surface area contributed by atoms with Crippen LogP contribution in [0.25, 0.3) is 0 Å². The van der Waals surface area contributed by atoms with Crippen molar-refractivity contribution in [3.05, 3.63) is 68.1 Å². The summed E-state index contributed by atoms with van der Waals surface area (Å²) in [7, 11) is 0. The number of carbonyl (C=O) groups is 1. The van der Waals surface area contributed by atoms with E-state index in [1.165, 1.54) is 0 Å². The van der Waals surface area contributed by atoms with Crippen molar-refractivity contribution in [3.8, 4) is 0 Å². The van der Waals surface area contributed by atoms with E-state index in [4.69, 9.17) is 23.2 Å². The van der Waals surface area contributed by atoms with Gasteiger partial charge < -0.3 is 0 Å². The van der Waals surface area contributed by atoms with Gasteiger partial charge in [0.1, 0.15) is 0 Å². The Balaban J connectivity index is 2.28. The minimum Gasteiger partial charge on any atom is -0.294 e. The number of hydrogen-bond donors (Lipinski definition) is 0. The van der Waals surface area contributed by atoms with Crippen molar-refractivity contribution in [1.29, 1.82) is 0 Å². The molecule has 0 saturated carbocycles. The Kier molecular flexibility index (Phi) is 4.44. The molecule has 18 heavy (non-hydrogen) atoms. The molecule has 0 atom stereocenters. The molecule has 4 heteroatoms. The highest BCUT2D eigenvalue weighted by Crippen LogP contribution is 2.24. The Morgan fingerprint density at radius 3 is 2.56 bits per heavy atom. The van der Waals surface area contributed by atoms with E-state index in [2.05, 4.69) is 15.9 Å². The lowest BCUT2D eigenvalue weighted by Gasteiger charge is -2.06. The van der Waals surface area contributed by atoms with E-state index in [9.17, 15) is 4.79 Å². The number of carbonyl (C=O) groups excluding carboxylic acids is 1. The van der Waals surface area contributed by atoms with Gasteiger partial charge >= 0.3 is 0 Å². The summed E-state index contributed by atoms with van der Waals surface area (Å²) in [5.74, 6) is -0.0469. The molecule has 0 radical (unpaired) electrons. The topological polar surface area (TPSA) is 17.1 Å². The zero-order valence-electron chi connectivity index (χ0n) is 9.29. The summed E-state index contributed by atoms with van der Waals surface area (Å²) in [6, 6.07) is 12.5. The van der Waals surface area contributed by atoms with Crippen LogP contribution in [0.3, 0.4) is 0 Å². The maximum atomic E-state index is 12.2. The third kappa shape index (κ3) is 3.14. The van der Waals surface area contributed by atoms with Gasteiger partial charge in [-0.25, -0.2) is 0 Å². The van der Waals surface area contributed by atoms with E-state index in [1.807, 2.05) is 24.3 Å². The summed E-state index contributed by atoms with van der Waals surface area (Å²) in [5.41, 5.74) is 1.39. The molecular formula is C14H9BrCl2O. The summed E-state index contributed by atoms with van der Waals surface area (Å²) in [5, 5.41) is 0.936. The Bertz CT molecular complexity index is 596. The molecule has 1 nitrogen and oxygen atoms in total. The summed E-state index contributed by atoms with van der Waals surface area (Å²) < 4.78 is 0.913. The van der Waals surface area contributed by atoms with E-state index >= 15 is 0 Å². The number of ketones is 1. The maximum Gasteiger partial charge on any atom is 0.168 e. The van der Waals surface area contributed by atoms with Crippen molar-refractivity contribution in [1.82, 2.24) is 0 Å².